The second-order valence-electron chi connectivity index (χ2n) is 0.900. The van der Waals surface area contributed by atoms with Crippen LogP contribution in [-0.2, 0) is 15.2 Å². The molecule has 0 aliphatic heterocycles. The van der Waals surface area contributed by atoms with Crippen molar-refractivity contribution in [2.75, 3.05) is 0 Å². The summed E-state index contributed by atoms with van der Waals surface area (Å²) in [6.45, 7) is 0.972. The second kappa shape index (κ2) is 7.22. The Morgan fingerprint density at radius 3 is 1.30 bits per heavy atom. The zero-order chi connectivity index (χ0) is 8.08. The van der Waals surface area contributed by atoms with Gasteiger partial charge in [-0.15, -0.1) is 0 Å². The van der Waals surface area contributed by atoms with E-state index in [1.807, 2.05) is 0 Å². The molecule has 0 aliphatic rings. The van der Waals surface area contributed by atoms with E-state index >= 15 is 0 Å². The molecule has 0 aromatic heterocycles. The van der Waals surface area contributed by atoms with Gasteiger partial charge in [0.1, 0.15) is 0 Å². The molecule has 0 fully saturated rings. The molecule has 0 unspecified atom stereocenters. The summed E-state index contributed by atoms with van der Waals surface area (Å²) in [7, 11) is -5.17. The molecule has 0 saturated heterocycles. The van der Waals surface area contributed by atoms with E-state index in [-0.39, 0.29) is 23.1 Å². The maximum absolute atomic E-state index is 8.89. The van der Waals surface area contributed by atoms with Crippen molar-refractivity contribution in [1.29, 1.82) is 0 Å². The van der Waals surface area contributed by atoms with Crippen molar-refractivity contribution in [2.24, 2.45) is 0 Å². The van der Waals surface area contributed by atoms with Gasteiger partial charge in [0, 0.05) is 16.4 Å². The van der Waals surface area contributed by atoms with Crippen molar-refractivity contribution >= 4 is 39.4 Å². The number of rotatable bonds is 0. The largest absolute Gasteiger partial charge is 2.00 e. The third kappa shape index (κ3) is 36300. The van der Waals surface area contributed by atoms with Crippen LogP contribution in [0.2, 0.25) is 0 Å². The topological polar surface area (TPSA) is 120 Å². The zero-order valence-electron chi connectivity index (χ0n) is 5.06. The van der Waals surface area contributed by atoms with E-state index in [0.29, 0.717) is 0 Å². The smallest absolute Gasteiger partial charge is 0.759 e. The fourth-order valence-corrected chi connectivity index (χ4v) is 0. The van der Waals surface area contributed by atoms with Crippen molar-refractivity contribution in [1.82, 2.24) is 0 Å². The molecule has 10 heavy (non-hydrogen) atoms. The number of carbonyl (C=O) groups excluding carboxylic acids is 1. The predicted molar refractivity (Wildman–Crippen MR) is 26.9 cm³/mol. The van der Waals surface area contributed by atoms with Crippen molar-refractivity contribution in [3.63, 3.8) is 0 Å². The second-order valence-corrected chi connectivity index (χ2v) is 1.72. The molecule has 0 aromatic rings. The summed E-state index contributed by atoms with van der Waals surface area (Å²) in [6.07, 6.45) is 0. The molecule has 8 heteroatoms. The average molecular weight is 179 g/mol. The Labute approximate surface area is 74.0 Å². The summed E-state index contributed by atoms with van der Waals surface area (Å²) in [5.41, 5.74) is 0. The first-order chi connectivity index (χ1) is 3.73. The van der Waals surface area contributed by atoms with Gasteiger partial charge in [0.25, 0.3) is 0 Å². The van der Waals surface area contributed by atoms with Crippen LogP contribution in [0.15, 0.2) is 0 Å². The van der Waals surface area contributed by atoms with E-state index in [2.05, 4.69) is 0 Å². The van der Waals surface area contributed by atoms with Gasteiger partial charge in [-0.2, -0.15) is 0 Å². The van der Waals surface area contributed by atoms with E-state index in [1.54, 1.807) is 0 Å². The molecule has 0 heterocycles. The van der Waals surface area contributed by atoms with Crippen molar-refractivity contribution in [3.8, 4) is 0 Å². The molecule has 0 rings (SSSR count). The molecule has 6 nitrogen and oxygen atoms in total. The molecule has 0 aromatic carbocycles. The number of hydrogen-bond acceptors (Lipinski definition) is 6. The predicted octanol–water partition coefficient (Wildman–Crippen LogP) is -2.96. The quantitative estimate of drug-likeness (QED) is 0.222. The van der Waals surface area contributed by atoms with Crippen LogP contribution in [0.25, 0.3) is 0 Å². The Morgan fingerprint density at radius 1 is 1.30 bits per heavy atom. The molecule has 0 bridgehead atoms. The maximum atomic E-state index is 8.89. The standard InChI is InChI=1S/C2H4O2.Mg.H2O4S/c1-2(3)4;;1-5(2,3)4/h1H3,(H,3,4);;(H2,1,2,3,4)/q;+2;/p-3. The summed E-state index contributed by atoms with van der Waals surface area (Å²) in [5.74, 6) is -1.08. The molecule has 0 radical (unpaired) electrons. The number of hydrogen-bond donors (Lipinski definition) is 0. The third-order valence-corrected chi connectivity index (χ3v) is 0. The fourth-order valence-electron chi connectivity index (χ4n) is 0. The Bertz CT molecular complexity index is 158. The Balaban J connectivity index is -0.0000000910. The minimum atomic E-state index is -5.17. The van der Waals surface area contributed by atoms with Crippen LogP contribution in [-0.4, -0.2) is 46.5 Å². The van der Waals surface area contributed by atoms with E-state index in [0.717, 1.165) is 6.92 Å². The van der Waals surface area contributed by atoms with Crippen LogP contribution < -0.4 is 5.11 Å². The number of carboxylic acids is 1. The molecular formula is C2H3MgO6S-. The average Bonchev–Trinajstić information content (AvgIpc) is 1.19. The summed E-state index contributed by atoms with van der Waals surface area (Å²) in [4.78, 5) is 8.89. The van der Waals surface area contributed by atoms with Crippen LogP contribution in [0.1, 0.15) is 6.92 Å². The van der Waals surface area contributed by atoms with Gasteiger partial charge in [-0.25, -0.2) is 0 Å². The number of carbonyl (C=O) groups is 1. The van der Waals surface area contributed by atoms with Gasteiger partial charge in [-0.3, -0.25) is 8.42 Å². The summed E-state index contributed by atoms with van der Waals surface area (Å²) >= 11 is 0. The first kappa shape index (κ1) is 16.6. The molecule has 56 valence electrons. The van der Waals surface area contributed by atoms with Gasteiger partial charge < -0.3 is 19.0 Å². The minimum absolute atomic E-state index is 0. The van der Waals surface area contributed by atoms with Gasteiger partial charge in [0.2, 0.25) is 0 Å². The molecule has 0 atom stereocenters. The molecule has 0 spiro atoms. The van der Waals surface area contributed by atoms with Crippen LogP contribution in [0.3, 0.4) is 0 Å². The van der Waals surface area contributed by atoms with Gasteiger partial charge in [-0.1, -0.05) is 0 Å². The SMILES string of the molecule is CC(=O)[O-].O=S(=O)([O-])[O-].[Mg+2]. The molecule has 0 aliphatic carbocycles. The molecular weight excluding hydrogens is 176 g/mol. The monoisotopic (exact) mass is 179 g/mol. The number of carboxylic acid groups (broad SMARTS) is 1. The zero-order valence-corrected chi connectivity index (χ0v) is 7.30. The molecule has 0 saturated carbocycles. The summed E-state index contributed by atoms with van der Waals surface area (Å²) in [6, 6.07) is 0. The van der Waals surface area contributed by atoms with E-state index in [4.69, 9.17) is 27.4 Å². The van der Waals surface area contributed by atoms with E-state index in [1.165, 1.54) is 0 Å². The summed E-state index contributed by atoms with van der Waals surface area (Å²) < 4.78 is 34.1. The molecule has 0 N–H and O–H groups in total. The normalized spacial score (nSPS) is 8.30. The first-order valence-corrected chi connectivity index (χ1v) is 2.91. The van der Waals surface area contributed by atoms with E-state index < -0.39 is 16.4 Å². The Hall–Kier alpha value is 0.106. The minimum Gasteiger partial charge on any atom is -0.759 e. The van der Waals surface area contributed by atoms with Crippen molar-refractivity contribution < 1.29 is 27.4 Å². The Kier molecular flexibility index (Phi) is 12.0. The van der Waals surface area contributed by atoms with Crippen LogP contribution in [0.5, 0.6) is 0 Å². The maximum Gasteiger partial charge on any atom is 2.00 e. The van der Waals surface area contributed by atoms with Gasteiger partial charge in [0.15, 0.2) is 0 Å². The van der Waals surface area contributed by atoms with E-state index in [9.17, 15) is 0 Å². The van der Waals surface area contributed by atoms with Gasteiger partial charge >= 0.3 is 23.1 Å². The summed E-state index contributed by atoms with van der Waals surface area (Å²) in [5, 5.41) is 8.89. The Morgan fingerprint density at radius 2 is 1.30 bits per heavy atom. The van der Waals surface area contributed by atoms with Gasteiger partial charge in [0.05, 0.1) is 0 Å². The fraction of sp³-hybridized carbons (Fsp3) is 0.500. The van der Waals surface area contributed by atoms with Gasteiger partial charge in [-0.05, 0) is 6.92 Å². The van der Waals surface area contributed by atoms with Crippen molar-refractivity contribution in [3.05, 3.63) is 0 Å². The molecule has 0 amide bonds. The van der Waals surface area contributed by atoms with Crippen LogP contribution in [0, 0.1) is 0 Å². The van der Waals surface area contributed by atoms with Crippen molar-refractivity contribution in [2.45, 2.75) is 6.92 Å². The third-order valence-electron chi connectivity index (χ3n) is 0. The number of aliphatic carboxylic acids is 1. The van der Waals surface area contributed by atoms with Crippen LogP contribution in [0.4, 0.5) is 0 Å². The first-order valence-electron chi connectivity index (χ1n) is 1.57. The van der Waals surface area contributed by atoms with Crippen LogP contribution >= 0.6 is 0 Å².